The maximum atomic E-state index is 11.9. The molecule has 0 spiro atoms. The van der Waals surface area contributed by atoms with Gasteiger partial charge in [0.15, 0.2) is 0 Å². The van der Waals surface area contributed by atoms with Gasteiger partial charge in [-0.3, -0.25) is 9.59 Å². The Morgan fingerprint density at radius 1 is 1.20 bits per heavy atom. The van der Waals surface area contributed by atoms with E-state index in [-0.39, 0.29) is 42.3 Å². The van der Waals surface area contributed by atoms with E-state index in [2.05, 4.69) is 22.9 Å². The molecule has 5 nitrogen and oxygen atoms in total. The highest BCUT2D eigenvalue weighted by Gasteiger charge is 2.28. The number of hydrogen-bond donors (Lipinski definition) is 3. The van der Waals surface area contributed by atoms with Gasteiger partial charge in [-0.2, -0.15) is 0 Å². The Labute approximate surface area is 127 Å². The minimum absolute atomic E-state index is 0. The van der Waals surface area contributed by atoms with Crippen LogP contribution in [0, 0.1) is 0 Å². The molecule has 116 valence electrons. The van der Waals surface area contributed by atoms with Crippen molar-refractivity contribution in [3.05, 3.63) is 0 Å². The van der Waals surface area contributed by atoms with Gasteiger partial charge in [0.05, 0.1) is 12.6 Å². The zero-order valence-electron chi connectivity index (χ0n) is 12.2. The van der Waals surface area contributed by atoms with Gasteiger partial charge in [0, 0.05) is 5.54 Å². The molecule has 6 heteroatoms. The first kappa shape index (κ1) is 17.2. The molecular weight excluding hydrogens is 278 g/mol. The number of hydrogen-bond acceptors (Lipinski definition) is 3. The minimum atomic E-state index is -0.113. The molecular formula is C14H26ClN3O2. The third kappa shape index (κ3) is 4.94. The first-order chi connectivity index (χ1) is 9.09. The molecule has 1 unspecified atom stereocenters. The molecule has 2 fully saturated rings. The number of halogens is 1. The van der Waals surface area contributed by atoms with E-state index >= 15 is 0 Å². The highest BCUT2D eigenvalue weighted by atomic mass is 35.5. The van der Waals surface area contributed by atoms with Crippen molar-refractivity contribution in [1.29, 1.82) is 0 Å². The summed E-state index contributed by atoms with van der Waals surface area (Å²) in [7, 11) is 0. The highest BCUT2D eigenvalue weighted by Crippen LogP contribution is 2.27. The monoisotopic (exact) mass is 303 g/mol. The molecule has 2 rings (SSSR count). The zero-order chi connectivity index (χ0) is 13.7. The second-order valence-electron chi connectivity index (χ2n) is 6.04. The Bertz CT molecular complexity index is 337. The van der Waals surface area contributed by atoms with Crippen molar-refractivity contribution in [3.63, 3.8) is 0 Å². The summed E-state index contributed by atoms with van der Waals surface area (Å²) in [6.07, 6.45) is 7.58. The van der Waals surface area contributed by atoms with Crippen molar-refractivity contribution < 1.29 is 9.59 Å². The molecule has 1 aliphatic carbocycles. The van der Waals surface area contributed by atoms with Crippen LogP contribution >= 0.6 is 12.4 Å². The van der Waals surface area contributed by atoms with E-state index in [0.29, 0.717) is 0 Å². The summed E-state index contributed by atoms with van der Waals surface area (Å²) in [5, 5.41) is 8.91. The lowest BCUT2D eigenvalue weighted by Crippen LogP contribution is -2.51. The second-order valence-corrected chi connectivity index (χ2v) is 6.04. The van der Waals surface area contributed by atoms with Gasteiger partial charge in [-0.25, -0.2) is 0 Å². The quantitative estimate of drug-likeness (QED) is 0.729. The van der Waals surface area contributed by atoms with Gasteiger partial charge in [0.25, 0.3) is 0 Å². The van der Waals surface area contributed by atoms with Crippen molar-refractivity contribution in [3.8, 4) is 0 Å². The molecule has 1 atom stereocenters. The lowest BCUT2D eigenvalue weighted by molar-refractivity contribution is -0.128. The maximum Gasteiger partial charge on any atom is 0.239 e. The lowest BCUT2D eigenvalue weighted by atomic mass is 9.83. The van der Waals surface area contributed by atoms with E-state index in [1.165, 1.54) is 19.3 Å². The first-order valence-electron chi connectivity index (χ1n) is 7.41. The maximum absolute atomic E-state index is 11.9. The molecule has 3 N–H and O–H groups in total. The number of carbonyl (C=O) groups is 2. The molecule has 2 aliphatic rings. The van der Waals surface area contributed by atoms with Crippen LogP contribution in [0.25, 0.3) is 0 Å². The van der Waals surface area contributed by atoms with Gasteiger partial charge < -0.3 is 16.0 Å². The third-order valence-corrected chi connectivity index (χ3v) is 4.20. The smallest absolute Gasteiger partial charge is 0.239 e. The zero-order valence-corrected chi connectivity index (χ0v) is 13.0. The van der Waals surface area contributed by atoms with Gasteiger partial charge >= 0.3 is 0 Å². The first-order valence-corrected chi connectivity index (χ1v) is 7.41. The normalized spacial score (nSPS) is 24.6. The number of nitrogens with one attached hydrogen (secondary N) is 3. The Hall–Kier alpha value is -0.810. The van der Waals surface area contributed by atoms with E-state index in [0.717, 1.165) is 32.2 Å². The van der Waals surface area contributed by atoms with Crippen molar-refractivity contribution in [1.82, 2.24) is 16.0 Å². The number of amides is 2. The predicted octanol–water partition coefficient (Wildman–Crippen LogP) is 1.12. The van der Waals surface area contributed by atoms with Crippen molar-refractivity contribution in [2.45, 2.75) is 63.5 Å². The predicted molar refractivity (Wildman–Crippen MR) is 80.9 cm³/mol. The van der Waals surface area contributed by atoms with E-state index in [9.17, 15) is 9.59 Å². The summed E-state index contributed by atoms with van der Waals surface area (Å²) in [4.78, 5) is 23.7. The van der Waals surface area contributed by atoms with Gasteiger partial charge in [0.1, 0.15) is 0 Å². The topological polar surface area (TPSA) is 70.2 Å². The van der Waals surface area contributed by atoms with Gasteiger partial charge in [-0.1, -0.05) is 19.3 Å². The fourth-order valence-electron chi connectivity index (χ4n) is 3.04. The molecule has 1 aliphatic heterocycles. The van der Waals surface area contributed by atoms with Gasteiger partial charge in [-0.15, -0.1) is 12.4 Å². The van der Waals surface area contributed by atoms with Crippen LogP contribution in [-0.4, -0.2) is 36.5 Å². The molecule has 0 radical (unpaired) electrons. The van der Waals surface area contributed by atoms with Crippen LogP contribution in [0.4, 0.5) is 0 Å². The SMILES string of the molecule is CC1(NC(=O)CNC(=O)C2CCCN2)CCCCC1.Cl. The Balaban J connectivity index is 0.00000200. The molecule has 0 aromatic carbocycles. The number of carbonyl (C=O) groups excluding carboxylic acids is 2. The summed E-state index contributed by atoms with van der Waals surface area (Å²) < 4.78 is 0. The van der Waals surface area contributed by atoms with Crippen LogP contribution < -0.4 is 16.0 Å². The van der Waals surface area contributed by atoms with Crippen LogP contribution in [0.15, 0.2) is 0 Å². The van der Waals surface area contributed by atoms with Crippen molar-refractivity contribution in [2.75, 3.05) is 13.1 Å². The van der Waals surface area contributed by atoms with E-state index in [1.54, 1.807) is 0 Å². The largest absolute Gasteiger partial charge is 0.349 e. The fraction of sp³-hybridized carbons (Fsp3) is 0.857. The second kappa shape index (κ2) is 7.84. The molecule has 0 aromatic heterocycles. The van der Waals surface area contributed by atoms with Crippen LogP contribution in [-0.2, 0) is 9.59 Å². The summed E-state index contributed by atoms with van der Waals surface area (Å²) in [5.74, 6) is -0.128. The molecule has 1 saturated carbocycles. The summed E-state index contributed by atoms with van der Waals surface area (Å²) in [6.45, 7) is 3.08. The highest BCUT2D eigenvalue weighted by molar-refractivity contribution is 5.87. The summed E-state index contributed by atoms with van der Waals surface area (Å²) in [6, 6.07) is -0.113. The summed E-state index contributed by atoms with van der Waals surface area (Å²) >= 11 is 0. The molecule has 20 heavy (non-hydrogen) atoms. The standard InChI is InChI=1S/C14H25N3O2.ClH/c1-14(7-3-2-4-8-14)17-12(18)10-16-13(19)11-6-5-9-15-11;/h11,15H,2-10H2,1H3,(H,16,19)(H,17,18);1H. The Morgan fingerprint density at radius 2 is 1.90 bits per heavy atom. The van der Waals surface area contributed by atoms with E-state index < -0.39 is 0 Å². The summed E-state index contributed by atoms with van der Waals surface area (Å²) in [5.41, 5.74) is -0.0777. The molecule has 1 saturated heterocycles. The van der Waals surface area contributed by atoms with Crippen LogP contribution in [0.2, 0.25) is 0 Å². The Kier molecular flexibility index (Phi) is 6.76. The lowest BCUT2D eigenvalue weighted by Gasteiger charge is -2.34. The average molecular weight is 304 g/mol. The van der Waals surface area contributed by atoms with Crippen LogP contribution in [0.3, 0.4) is 0 Å². The molecule has 0 aromatic rings. The van der Waals surface area contributed by atoms with E-state index in [4.69, 9.17) is 0 Å². The number of rotatable bonds is 4. The van der Waals surface area contributed by atoms with Crippen LogP contribution in [0.5, 0.6) is 0 Å². The van der Waals surface area contributed by atoms with Gasteiger partial charge in [-0.05, 0) is 39.2 Å². The molecule has 2 amide bonds. The van der Waals surface area contributed by atoms with Crippen molar-refractivity contribution in [2.24, 2.45) is 0 Å². The Morgan fingerprint density at radius 3 is 2.50 bits per heavy atom. The minimum Gasteiger partial charge on any atom is -0.349 e. The molecule has 1 heterocycles. The van der Waals surface area contributed by atoms with Crippen LogP contribution in [0.1, 0.15) is 51.9 Å². The fourth-order valence-corrected chi connectivity index (χ4v) is 3.04. The third-order valence-electron chi connectivity index (χ3n) is 4.20. The van der Waals surface area contributed by atoms with Gasteiger partial charge in [0.2, 0.25) is 11.8 Å². The van der Waals surface area contributed by atoms with Crippen molar-refractivity contribution >= 4 is 24.2 Å². The van der Waals surface area contributed by atoms with E-state index in [1.807, 2.05) is 0 Å². The molecule has 0 bridgehead atoms. The average Bonchev–Trinajstić information content (AvgIpc) is 2.90.